The standard InChI is InChI=1S/C16H16ClNO4/c1-3-21-15(19)13-10-7-5-6-8-11(10)18-12(9-17)14(13)16(20)22-4-2/h5-8H,3-4,9H2,1-2H3. The number of ether oxygens (including phenoxy) is 2. The molecule has 2 aromatic rings. The first kappa shape index (κ1) is 16.2. The Bertz CT molecular complexity index is 715. The van der Waals surface area contributed by atoms with E-state index in [0.717, 1.165) is 0 Å². The second-order valence-electron chi connectivity index (χ2n) is 4.40. The maximum atomic E-state index is 12.4. The minimum atomic E-state index is -0.626. The van der Waals surface area contributed by atoms with Gasteiger partial charge in [-0.05, 0) is 19.9 Å². The molecule has 0 bridgehead atoms. The predicted octanol–water partition coefficient (Wildman–Crippen LogP) is 3.33. The van der Waals surface area contributed by atoms with Crippen LogP contribution >= 0.6 is 11.6 Å². The second-order valence-corrected chi connectivity index (χ2v) is 4.67. The third-order valence-corrected chi connectivity index (χ3v) is 3.31. The molecule has 0 atom stereocenters. The van der Waals surface area contributed by atoms with Crippen molar-refractivity contribution in [3.63, 3.8) is 0 Å². The van der Waals surface area contributed by atoms with Crippen molar-refractivity contribution in [3.8, 4) is 0 Å². The average Bonchev–Trinajstić information content (AvgIpc) is 2.53. The van der Waals surface area contributed by atoms with E-state index in [1.165, 1.54) is 0 Å². The molecule has 0 amide bonds. The van der Waals surface area contributed by atoms with Crippen LogP contribution in [0.15, 0.2) is 24.3 Å². The van der Waals surface area contributed by atoms with Crippen LogP contribution in [0.25, 0.3) is 10.9 Å². The lowest BCUT2D eigenvalue weighted by Crippen LogP contribution is -2.18. The van der Waals surface area contributed by atoms with Gasteiger partial charge in [-0.15, -0.1) is 11.6 Å². The predicted molar refractivity (Wildman–Crippen MR) is 83.2 cm³/mol. The van der Waals surface area contributed by atoms with Crippen molar-refractivity contribution >= 4 is 34.4 Å². The van der Waals surface area contributed by atoms with Crippen molar-refractivity contribution in [2.45, 2.75) is 19.7 Å². The van der Waals surface area contributed by atoms with Gasteiger partial charge in [0.1, 0.15) is 0 Å². The molecule has 0 aliphatic heterocycles. The number of para-hydroxylation sites is 1. The Labute approximate surface area is 133 Å². The molecule has 5 nitrogen and oxygen atoms in total. The van der Waals surface area contributed by atoms with Crippen molar-refractivity contribution in [1.82, 2.24) is 4.98 Å². The van der Waals surface area contributed by atoms with Crippen LogP contribution in [0.1, 0.15) is 40.3 Å². The molecule has 0 radical (unpaired) electrons. The number of esters is 2. The zero-order valence-corrected chi connectivity index (χ0v) is 13.1. The van der Waals surface area contributed by atoms with Gasteiger partial charge in [0.2, 0.25) is 0 Å². The Morgan fingerprint density at radius 2 is 1.64 bits per heavy atom. The smallest absolute Gasteiger partial charge is 0.340 e. The largest absolute Gasteiger partial charge is 0.462 e. The van der Waals surface area contributed by atoms with E-state index >= 15 is 0 Å². The lowest BCUT2D eigenvalue weighted by Gasteiger charge is -2.14. The van der Waals surface area contributed by atoms with Crippen LogP contribution in [0.5, 0.6) is 0 Å². The quantitative estimate of drug-likeness (QED) is 0.624. The molecular weight excluding hydrogens is 306 g/mol. The van der Waals surface area contributed by atoms with Gasteiger partial charge in [0.15, 0.2) is 0 Å². The van der Waals surface area contributed by atoms with E-state index in [2.05, 4.69) is 4.98 Å². The second kappa shape index (κ2) is 7.22. The number of hydrogen-bond acceptors (Lipinski definition) is 5. The summed E-state index contributed by atoms with van der Waals surface area (Å²) in [6.07, 6.45) is 0. The van der Waals surface area contributed by atoms with Gasteiger partial charge in [0.05, 0.1) is 41.4 Å². The average molecular weight is 322 g/mol. The van der Waals surface area contributed by atoms with Gasteiger partial charge >= 0.3 is 11.9 Å². The molecule has 1 aromatic carbocycles. The maximum absolute atomic E-state index is 12.4. The first-order valence-electron chi connectivity index (χ1n) is 6.95. The monoisotopic (exact) mass is 321 g/mol. The number of fused-ring (bicyclic) bond motifs is 1. The van der Waals surface area contributed by atoms with Crippen LogP contribution in [0, 0.1) is 0 Å². The minimum absolute atomic E-state index is 0.00854. The normalized spacial score (nSPS) is 10.5. The SMILES string of the molecule is CCOC(=O)c1c(CCl)nc2ccccc2c1C(=O)OCC. The topological polar surface area (TPSA) is 65.5 Å². The Hall–Kier alpha value is -2.14. The van der Waals surface area contributed by atoms with E-state index in [0.29, 0.717) is 16.6 Å². The number of hydrogen-bond donors (Lipinski definition) is 0. The molecule has 116 valence electrons. The van der Waals surface area contributed by atoms with Crippen molar-refractivity contribution in [3.05, 3.63) is 41.1 Å². The highest BCUT2D eigenvalue weighted by molar-refractivity contribution is 6.19. The number of nitrogens with zero attached hydrogens (tertiary/aromatic N) is 1. The van der Waals surface area contributed by atoms with Gasteiger partial charge in [0.25, 0.3) is 0 Å². The molecule has 0 saturated heterocycles. The van der Waals surface area contributed by atoms with Gasteiger partial charge in [0, 0.05) is 5.39 Å². The van der Waals surface area contributed by atoms with E-state index in [1.54, 1.807) is 38.1 Å². The summed E-state index contributed by atoms with van der Waals surface area (Å²) in [6, 6.07) is 7.03. The molecule has 0 aliphatic carbocycles. The number of alkyl halides is 1. The third kappa shape index (κ3) is 3.04. The molecule has 1 heterocycles. The van der Waals surface area contributed by atoms with E-state index in [1.807, 2.05) is 0 Å². The first-order valence-corrected chi connectivity index (χ1v) is 7.49. The molecule has 0 N–H and O–H groups in total. The highest BCUT2D eigenvalue weighted by atomic mass is 35.5. The summed E-state index contributed by atoms with van der Waals surface area (Å²) in [7, 11) is 0. The molecule has 0 saturated carbocycles. The number of halogens is 1. The van der Waals surface area contributed by atoms with Crippen LogP contribution in [0.3, 0.4) is 0 Å². The fourth-order valence-electron chi connectivity index (χ4n) is 2.20. The fraction of sp³-hybridized carbons (Fsp3) is 0.312. The molecule has 0 unspecified atom stereocenters. The van der Waals surface area contributed by atoms with E-state index in [4.69, 9.17) is 21.1 Å². The van der Waals surface area contributed by atoms with Gasteiger partial charge < -0.3 is 9.47 Å². The number of benzene rings is 1. The van der Waals surface area contributed by atoms with Gasteiger partial charge in [-0.1, -0.05) is 18.2 Å². The Morgan fingerprint density at radius 3 is 2.23 bits per heavy atom. The molecule has 0 spiro atoms. The van der Waals surface area contributed by atoms with E-state index in [9.17, 15) is 9.59 Å². The summed E-state index contributed by atoms with van der Waals surface area (Å²) >= 11 is 5.91. The number of carbonyl (C=O) groups is 2. The number of aromatic nitrogens is 1. The number of carbonyl (C=O) groups excluding carboxylic acids is 2. The molecule has 0 aliphatic rings. The van der Waals surface area contributed by atoms with E-state index in [-0.39, 0.29) is 30.2 Å². The third-order valence-electron chi connectivity index (χ3n) is 3.05. The summed E-state index contributed by atoms with van der Waals surface area (Å²) in [6.45, 7) is 3.79. The van der Waals surface area contributed by atoms with Crippen LogP contribution in [0.2, 0.25) is 0 Å². The van der Waals surface area contributed by atoms with Gasteiger partial charge in [-0.3, -0.25) is 4.98 Å². The lowest BCUT2D eigenvalue weighted by molar-refractivity contribution is 0.0479. The van der Waals surface area contributed by atoms with Crippen LogP contribution in [-0.4, -0.2) is 30.1 Å². The van der Waals surface area contributed by atoms with Crippen molar-refractivity contribution in [1.29, 1.82) is 0 Å². The molecule has 0 fully saturated rings. The molecule has 22 heavy (non-hydrogen) atoms. The Balaban J connectivity index is 2.79. The van der Waals surface area contributed by atoms with Gasteiger partial charge in [-0.2, -0.15) is 0 Å². The summed E-state index contributed by atoms with van der Waals surface area (Å²) in [5.74, 6) is -1.22. The molecule has 2 rings (SSSR count). The summed E-state index contributed by atoms with van der Waals surface area (Å²) < 4.78 is 10.1. The van der Waals surface area contributed by atoms with Crippen LogP contribution < -0.4 is 0 Å². The van der Waals surface area contributed by atoms with E-state index < -0.39 is 11.9 Å². The van der Waals surface area contributed by atoms with Crippen LogP contribution in [-0.2, 0) is 15.4 Å². The van der Waals surface area contributed by atoms with Crippen LogP contribution in [0.4, 0.5) is 0 Å². The number of rotatable bonds is 5. The molecular formula is C16H16ClNO4. The number of pyridine rings is 1. The van der Waals surface area contributed by atoms with Crippen molar-refractivity contribution in [2.75, 3.05) is 13.2 Å². The highest BCUT2D eigenvalue weighted by Crippen LogP contribution is 2.26. The van der Waals surface area contributed by atoms with Crippen molar-refractivity contribution < 1.29 is 19.1 Å². The Morgan fingerprint density at radius 1 is 1.05 bits per heavy atom. The van der Waals surface area contributed by atoms with Gasteiger partial charge in [-0.25, -0.2) is 9.59 Å². The zero-order valence-electron chi connectivity index (χ0n) is 12.4. The minimum Gasteiger partial charge on any atom is -0.462 e. The maximum Gasteiger partial charge on any atom is 0.340 e. The molecule has 1 aromatic heterocycles. The van der Waals surface area contributed by atoms with Crippen molar-refractivity contribution in [2.24, 2.45) is 0 Å². The highest BCUT2D eigenvalue weighted by Gasteiger charge is 2.26. The summed E-state index contributed by atoms with van der Waals surface area (Å²) in [5.41, 5.74) is 1.12. The first-order chi connectivity index (χ1) is 10.6. The fourth-order valence-corrected chi connectivity index (χ4v) is 2.39. The lowest BCUT2D eigenvalue weighted by atomic mass is 10.0. The molecule has 6 heteroatoms. The summed E-state index contributed by atoms with van der Waals surface area (Å²) in [4.78, 5) is 29.0. The Kier molecular flexibility index (Phi) is 5.33. The summed E-state index contributed by atoms with van der Waals surface area (Å²) in [5, 5.41) is 0.540. The zero-order chi connectivity index (χ0) is 16.1.